The fraction of sp³-hybridized carbons (Fsp3) is 0.250. The number of benzene rings is 1. The summed E-state index contributed by atoms with van der Waals surface area (Å²) < 4.78 is 24.7. The van der Waals surface area contributed by atoms with Gasteiger partial charge in [0.1, 0.15) is 0 Å². The molecule has 4 heteroatoms. The molecule has 0 bridgehead atoms. The summed E-state index contributed by atoms with van der Waals surface area (Å²) in [4.78, 5) is 4.27. The summed E-state index contributed by atoms with van der Waals surface area (Å²) in [5, 5.41) is 0. The topological polar surface area (TPSA) is 38.4 Å². The van der Waals surface area contributed by atoms with Crippen molar-refractivity contribution in [2.24, 2.45) is 10.7 Å². The van der Waals surface area contributed by atoms with E-state index in [4.69, 9.17) is 5.73 Å². The maximum atomic E-state index is 12.4. The first-order valence-electron chi connectivity index (χ1n) is 4.98. The molecule has 0 spiro atoms. The summed E-state index contributed by atoms with van der Waals surface area (Å²) in [5.41, 5.74) is 9.07. The molecule has 2 nitrogen and oxygen atoms in total. The highest BCUT2D eigenvalue weighted by molar-refractivity contribution is 6.14. The number of nitrogens with zero attached hydrogens (tertiary/aromatic N) is 1. The Balaban J connectivity index is 2.30. The van der Waals surface area contributed by atoms with E-state index >= 15 is 0 Å². The fourth-order valence-electron chi connectivity index (χ4n) is 1.65. The Morgan fingerprint density at radius 3 is 2.31 bits per heavy atom. The van der Waals surface area contributed by atoms with Gasteiger partial charge in [-0.05, 0) is 12.5 Å². The summed E-state index contributed by atoms with van der Waals surface area (Å²) in [6, 6.07) is 6.15. The lowest BCUT2D eigenvalue weighted by molar-refractivity contribution is 0.151. The summed E-state index contributed by atoms with van der Waals surface area (Å²) in [6.45, 7) is 2.39. The van der Waals surface area contributed by atoms with Gasteiger partial charge in [-0.15, -0.1) is 0 Å². The molecule has 1 aromatic rings. The second-order valence-electron chi connectivity index (χ2n) is 3.74. The van der Waals surface area contributed by atoms with Crippen LogP contribution in [0.4, 0.5) is 8.78 Å². The van der Waals surface area contributed by atoms with Crippen LogP contribution >= 0.6 is 0 Å². The number of nitrogens with two attached hydrogens (primary N) is 1. The van der Waals surface area contributed by atoms with Crippen LogP contribution in [0.2, 0.25) is 0 Å². The Bertz CT molecular complexity index is 458. The highest BCUT2D eigenvalue weighted by Gasteiger charge is 2.15. The highest BCUT2D eigenvalue weighted by atomic mass is 19.3. The van der Waals surface area contributed by atoms with Crippen molar-refractivity contribution in [1.82, 2.24) is 0 Å². The molecule has 1 aliphatic heterocycles. The quantitative estimate of drug-likeness (QED) is 0.820. The van der Waals surface area contributed by atoms with Crippen molar-refractivity contribution in [3.8, 4) is 0 Å². The first-order valence-corrected chi connectivity index (χ1v) is 4.98. The van der Waals surface area contributed by atoms with Gasteiger partial charge in [0.2, 0.25) is 0 Å². The van der Waals surface area contributed by atoms with Crippen LogP contribution in [-0.2, 0) is 0 Å². The molecule has 0 saturated carbocycles. The smallest absolute Gasteiger partial charge is 0.263 e. The summed E-state index contributed by atoms with van der Waals surface area (Å²) in [6.07, 6.45) is -2.43. The largest absolute Gasteiger partial charge is 0.400 e. The molecule has 0 radical (unpaired) electrons. The minimum absolute atomic E-state index is 0.0250. The lowest BCUT2D eigenvalue weighted by atomic mass is 10.0. The fourth-order valence-corrected chi connectivity index (χ4v) is 1.65. The number of halogens is 2. The molecular weight excluding hydrogens is 210 g/mol. The summed E-state index contributed by atoms with van der Waals surface area (Å²) in [7, 11) is 0. The molecule has 1 aromatic carbocycles. The van der Waals surface area contributed by atoms with Crippen LogP contribution in [0.1, 0.15) is 24.5 Å². The van der Waals surface area contributed by atoms with Gasteiger partial charge < -0.3 is 5.73 Å². The second-order valence-corrected chi connectivity index (χ2v) is 3.74. The van der Waals surface area contributed by atoms with Crippen LogP contribution in [0.5, 0.6) is 0 Å². The van der Waals surface area contributed by atoms with Gasteiger partial charge in [-0.3, -0.25) is 4.99 Å². The van der Waals surface area contributed by atoms with E-state index in [9.17, 15) is 8.78 Å². The lowest BCUT2D eigenvalue weighted by Crippen LogP contribution is -2.04. The minimum atomic E-state index is -2.43. The van der Waals surface area contributed by atoms with Gasteiger partial charge in [0.25, 0.3) is 6.43 Å². The average Bonchev–Trinajstić information content (AvgIpc) is 2.60. The lowest BCUT2D eigenvalue weighted by Gasteiger charge is -2.04. The Labute approximate surface area is 92.5 Å². The highest BCUT2D eigenvalue weighted by Crippen LogP contribution is 2.22. The zero-order chi connectivity index (χ0) is 11.7. The number of allylic oxidation sites excluding steroid dienone is 1. The third-order valence-corrected chi connectivity index (χ3v) is 2.68. The van der Waals surface area contributed by atoms with Crippen molar-refractivity contribution < 1.29 is 8.78 Å². The van der Waals surface area contributed by atoms with Crippen LogP contribution in [0.3, 0.4) is 0 Å². The van der Waals surface area contributed by atoms with Crippen LogP contribution < -0.4 is 5.73 Å². The van der Waals surface area contributed by atoms with Crippen LogP contribution in [0.15, 0.2) is 40.5 Å². The van der Waals surface area contributed by atoms with E-state index in [0.29, 0.717) is 6.54 Å². The van der Waals surface area contributed by atoms with Gasteiger partial charge in [-0.2, -0.15) is 0 Å². The first-order chi connectivity index (χ1) is 7.59. The predicted molar refractivity (Wildman–Crippen MR) is 59.7 cm³/mol. The maximum absolute atomic E-state index is 12.4. The molecule has 0 fully saturated rings. The minimum Gasteiger partial charge on any atom is -0.400 e. The van der Waals surface area contributed by atoms with E-state index < -0.39 is 6.43 Å². The SMILES string of the molecule is CC1=C(N)CN=C1c1ccc(C(F)F)cc1. The Hall–Kier alpha value is -1.71. The molecule has 0 unspecified atom stereocenters. The standard InChI is InChI=1S/C12H12F2N2/c1-7-10(15)6-16-11(7)8-2-4-9(5-3-8)12(13)14/h2-5,12H,6,15H2,1H3. The van der Waals surface area contributed by atoms with Gasteiger partial charge in [0.15, 0.2) is 0 Å². The molecule has 0 amide bonds. The van der Waals surface area contributed by atoms with Crippen LogP contribution in [-0.4, -0.2) is 12.3 Å². The van der Waals surface area contributed by atoms with Crippen molar-refractivity contribution in [3.63, 3.8) is 0 Å². The molecule has 84 valence electrons. The van der Waals surface area contributed by atoms with Gasteiger partial charge >= 0.3 is 0 Å². The molecule has 1 heterocycles. The van der Waals surface area contributed by atoms with E-state index in [0.717, 1.165) is 22.5 Å². The molecule has 0 saturated heterocycles. The Morgan fingerprint density at radius 1 is 1.25 bits per heavy atom. The molecule has 0 aromatic heterocycles. The van der Waals surface area contributed by atoms with Crippen molar-refractivity contribution in [2.75, 3.05) is 6.54 Å². The molecule has 16 heavy (non-hydrogen) atoms. The molecule has 0 atom stereocenters. The van der Waals surface area contributed by atoms with E-state index in [-0.39, 0.29) is 5.56 Å². The van der Waals surface area contributed by atoms with Gasteiger partial charge in [0, 0.05) is 16.8 Å². The van der Waals surface area contributed by atoms with Crippen molar-refractivity contribution in [3.05, 3.63) is 46.7 Å². The zero-order valence-corrected chi connectivity index (χ0v) is 8.87. The Kier molecular flexibility index (Phi) is 2.73. The number of rotatable bonds is 2. The Morgan fingerprint density at radius 2 is 1.88 bits per heavy atom. The normalized spacial score (nSPS) is 15.9. The molecule has 0 aliphatic carbocycles. The first kappa shape index (κ1) is 10.8. The van der Waals surface area contributed by atoms with Gasteiger partial charge in [-0.1, -0.05) is 24.3 Å². The summed E-state index contributed by atoms with van der Waals surface area (Å²) in [5.74, 6) is 0. The van der Waals surface area contributed by atoms with E-state index in [2.05, 4.69) is 4.99 Å². The second kappa shape index (κ2) is 4.04. The van der Waals surface area contributed by atoms with Gasteiger partial charge in [0.05, 0.1) is 12.3 Å². The maximum Gasteiger partial charge on any atom is 0.263 e. The van der Waals surface area contributed by atoms with E-state index in [1.165, 1.54) is 12.1 Å². The van der Waals surface area contributed by atoms with Crippen LogP contribution in [0.25, 0.3) is 0 Å². The molecular formula is C12H12F2N2. The van der Waals surface area contributed by atoms with Crippen molar-refractivity contribution >= 4 is 5.71 Å². The predicted octanol–water partition coefficient (Wildman–Crippen LogP) is 2.66. The van der Waals surface area contributed by atoms with Crippen molar-refractivity contribution in [2.45, 2.75) is 13.3 Å². The third-order valence-electron chi connectivity index (χ3n) is 2.68. The van der Waals surface area contributed by atoms with Crippen LogP contribution in [0, 0.1) is 0 Å². The number of alkyl halides is 2. The summed E-state index contributed by atoms with van der Waals surface area (Å²) >= 11 is 0. The number of aliphatic imine (C=N–C) groups is 1. The number of hydrogen-bond acceptors (Lipinski definition) is 2. The van der Waals surface area contributed by atoms with Crippen molar-refractivity contribution in [1.29, 1.82) is 0 Å². The molecule has 2 N–H and O–H groups in total. The van der Waals surface area contributed by atoms with E-state index in [1.807, 2.05) is 6.92 Å². The third kappa shape index (κ3) is 1.83. The monoisotopic (exact) mass is 222 g/mol. The average molecular weight is 222 g/mol. The zero-order valence-electron chi connectivity index (χ0n) is 8.87. The number of hydrogen-bond donors (Lipinski definition) is 1. The van der Waals surface area contributed by atoms with E-state index in [1.54, 1.807) is 12.1 Å². The molecule has 2 rings (SSSR count). The molecule has 1 aliphatic rings. The van der Waals surface area contributed by atoms with Gasteiger partial charge in [-0.25, -0.2) is 8.78 Å².